The number of amides is 1. The molecule has 1 amide bonds. The van der Waals surface area contributed by atoms with E-state index in [0.29, 0.717) is 5.56 Å². The molecule has 1 aromatic rings. The summed E-state index contributed by atoms with van der Waals surface area (Å²) >= 11 is 0. The van der Waals surface area contributed by atoms with Gasteiger partial charge in [0.15, 0.2) is 14.4 Å². The second kappa shape index (κ2) is 10.4. The number of hydrogen-bond acceptors (Lipinski definition) is 5. The SMILES string of the molecule is CC(C)(C)OC(=O)/C=C/[C@H](CO[Si](C)(C)C(C)(C)C)NC(=O)[C@@H](O)c1ccccc1. The fourth-order valence-electron chi connectivity index (χ4n) is 2.24. The van der Waals surface area contributed by atoms with Crippen molar-refractivity contribution in [1.82, 2.24) is 5.32 Å². The van der Waals surface area contributed by atoms with Gasteiger partial charge in [0.1, 0.15) is 5.60 Å². The largest absolute Gasteiger partial charge is 0.457 e. The standard InChI is InChI=1S/C23H37NO5Si/c1-22(2,3)29-19(25)15-14-18(16-28-30(7,8)23(4,5)6)24-21(27)20(26)17-12-10-9-11-13-17/h9-15,18,20,26H,16H2,1-8H3,(H,24,27)/b15-14+/t18-,20+/m1/s1. The molecular formula is C23H37NO5Si. The van der Waals surface area contributed by atoms with E-state index in [0.717, 1.165) is 0 Å². The van der Waals surface area contributed by atoms with Gasteiger partial charge in [-0.25, -0.2) is 4.79 Å². The summed E-state index contributed by atoms with van der Waals surface area (Å²) in [6.07, 6.45) is 1.54. The van der Waals surface area contributed by atoms with Crippen LogP contribution in [0.5, 0.6) is 0 Å². The minimum atomic E-state index is -2.07. The lowest BCUT2D eigenvalue weighted by Gasteiger charge is -2.37. The Balaban J connectivity index is 2.93. The van der Waals surface area contributed by atoms with Crippen LogP contribution in [0, 0.1) is 0 Å². The molecule has 7 heteroatoms. The van der Waals surface area contributed by atoms with Crippen LogP contribution >= 0.6 is 0 Å². The van der Waals surface area contributed by atoms with Crippen LogP contribution in [-0.2, 0) is 18.8 Å². The molecule has 0 saturated carbocycles. The fourth-order valence-corrected chi connectivity index (χ4v) is 3.27. The Labute approximate surface area is 181 Å². The van der Waals surface area contributed by atoms with Gasteiger partial charge >= 0.3 is 5.97 Å². The summed E-state index contributed by atoms with van der Waals surface area (Å²) in [6, 6.07) is 8.10. The summed E-state index contributed by atoms with van der Waals surface area (Å²) in [5, 5.41) is 13.1. The van der Waals surface area contributed by atoms with Crippen LogP contribution < -0.4 is 5.32 Å². The van der Waals surface area contributed by atoms with Crippen molar-refractivity contribution in [1.29, 1.82) is 0 Å². The number of carbonyl (C=O) groups excluding carboxylic acids is 2. The van der Waals surface area contributed by atoms with Gasteiger partial charge in [-0.3, -0.25) is 4.79 Å². The summed E-state index contributed by atoms with van der Waals surface area (Å²) < 4.78 is 11.5. The second-order valence-electron chi connectivity index (χ2n) is 9.89. The normalized spacial score (nSPS) is 15.0. The highest BCUT2D eigenvalue weighted by Gasteiger charge is 2.37. The molecule has 0 heterocycles. The first-order chi connectivity index (χ1) is 13.6. The van der Waals surface area contributed by atoms with E-state index >= 15 is 0 Å². The average Bonchev–Trinajstić information content (AvgIpc) is 2.61. The van der Waals surface area contributed by atoms with Gasteiger partial charge in [0.05, 0.1) is 12.6 Å². The molecule has 168 valence electrons. The molecule has 0 aliphatic rings. The van der Waals surface area contributed by atoms with Crippen molar-refractivity contribution >= 4 is 20.2 Å². The molecule has 2 N–H and O–H groups in total. The Morgan fingerprint density at radius 1 is 1.10 bits per heavy atom. The lowest BCUT2D eigenvalue weighted by molar-refractivity contribution is -0.148. The number of nitrogens with one attached hydrogen (secondary N) is 1. The van der Waals surface area contributed by atoms with E-state index in [1.165, 1.54) is 6.08 Å². The van der Waals surface area contributed by atoms with Crippen LogP contribution in [0.1, 0.15) is 53.2 Å². The Morgan fingerprint density at radius 3 is 2.17 bits per heavy atom. The molecule has 0 aliphatic carbocycles. The first-order valence-corrected chi connectivity index (χ1v) is 13.1. The number of carbonyl (C=O) groups is 2. The number of aliphatic hydroxyl groups is 1. The summed E-state index contributed by atoms with van der Waals surface area (Å²) in [4.78, 5) is 24.7. The van der Waals surface area contributed by atoms with Gasteiger partial charge in [-0.1, -0.05) is 57.2 Å². The Hall–Kier alpha value is -1.96. The number of rotatable bonds is 8. The molecule has 0 radical (unpaired) electrons. The van der Waals surface area contributed by atoms with Crippen molar-refractivity contribution in [2.24, 2.45) is 0 Å². The van der Waals surface area contributed by atoms with Crippen LogP contribution in [0.15, 0.2) is 42.5 Å². The molecule has 0 aromatic heterocycles. The Kier molecular flexibility index (Phi) is 9.01. The maximum atomic E-state index is 12.6. The fraction of sp³-hybridized carbons (Fsp3) is 0.565. The molecule has 0 fully saturated rings. The molecule has 30 heavy (non-hydrogen) atoms. The van der Waals surface area contributed by atoms with Gasteiger partial charge in [-0.05, 0) is 44.5 Å². The third-order valence-electron chi connectivity index (χ3n) is 4.99. The highest BCUT2D eigenvalue weighted by Crippen LogP contribution is 2.36. The van der Waals surface area contributed by atoms with Crippen LogP contribution in [-0.4, -0.2) is 43.6 Å². The first-order valence-electron chi connectivity index (χ1n) is 10.2. The first kappa shape index (κ1) is 26.1. The molecule has 0 saturated heterocycles. The number of ether oxygens (including phenoxy) is 1. The highest BCUT2D eigenvalue weighted by atomic mass is 28.4. The third-order valence-corrected chi connectivity index (χ3v) is 9.49. The minimum absolute atomic E-state index is 0.00000895. The lowest BCUT2D eigenvalue weighted by atomic mass is 10.1. The zero-order chi connectivity index (χ0) is 23.2. The molecule has 0 bridgehead atoms. The van der Waals surface area contributed by atoms with Gasteiger partial charge in [-0.2, -0.15) is 0 Å². The molecule has 0 unspecified atom stereocenters. The van der Waals surface area contributed by atoms with E-state index < -0.39 is 37.9 Å². The van der Waals surface area contributed by atoms with Crippen molar-refractivity contribution in [3.63, 3.8) is 0 Å². The van der Waals surface area contributed by atoms with Crippen molar-refractivity contribution < 1.29 is 23.9 Å². The van der Waals surface area contributed by atoms with Gasteiger partial charge < -0.3 is 19.6 Å². The summed E-state index contributed by atoms with van der Waals surface area (Å²) in [5.74, 6) is -1.06. The second-order valence-corrected chi connectivity index (χ2v) is 14.7. The van der Waals surface area contributed by atoms with Crippen molar-refractivity contribution in [2.75, 3.05) is 6.61 Å². The van der Waals surface area contributed by atoms with Crippen LogP contribution in [0.25, 0.3) is 0 Å². The van der Waals surface area contributed by atoms with Crippen LogP contribution in [0.4, 0.5) is 0 Å². The quantitative estimate of drug-likeness (QED) is 0.364. The smallest absolute Gasteiger partial charge is 0.331 e. The molecule has 0 aliphatic heterocycles. The van der Waals surface area contributed by atoms with E-state index in [4.69, 9.17) is 9.16 Å². The molecule has 1 rings (SSSR count). The zero-order valence-corrected chi connectivity index (χ0v) is 20.5. The minimum Gasteiger partial charge on any atom is -0.457 e. The topological polar surface area (TPSA) is 84.9 Å². The maximum Gasteiger partial charge on any atom is 0.331 e. The lowest BCUT2D eigenvalue weighted by Crippen LogP contribution is -2.46. The van der Waals surface area contributed by atoms with Crippen molar-refractivity contribution in [3.05, 3.63) is 48.0 Å². The van der Waals surface area contributed by atoms with Crippen molar-refractivity contribution in [2.45, 2.75) is 77.4 Å². The third kappa shape index (κ3) is 8.81. The number of esters is 1. The van der Waals surface area contributed by atoms with Crippen LogP contribution in [0.3, 0.4) is 0 Å². The van der Waals surface area contributed by atoms with E-state index in [1.807, 2.05) is 6.07 Å². The van der Waals surface area contributed by atoms with E-state index in [-0.39, 0.29) is 11.6 Å². The van der Waals surface area contributed by atoms with E-state index in [2.05, 4.69) is 39.2 Å². The van der Waals surface area contributed by atoms with Crippen molar-refractivity contribution in [3.8, 4) is 0 Å². The predicted octanol–water partition coefficient (Wildman–Crippen LogP) is 4.12. The predicted molar refractivity (Wildman–Crippen MR) is 121 cm³/mol. The maximum absolute atomic E-state index is 12.6. The highest BCUT2D eigenvalue weighted by molar-refractivity contribution is 6.74. The van der Waals surface area contributed by atoms with Gasteiger partial charge in [0, 0.05) is 6.08 Å². The Bertz CT molecular complexity index is 732. The molecule has 2 atom stereocenters. The summed E-state index contributed by atoms with van der Waals surface area (Å²) in [6.45, 7) is 16.2. The summed E-state index contributed by atoms with van der Waals surface area (Å²) in [5.41, 5.74) is -0.114. The average molecular weight is 436 g/mol. The zero-order valence-electron chi connectivity index (χ0n) is 19.5. The van der Waals surface area contributed by atoms with Crippen LogP contribution in [0.2, 0.25) is 18.1 Å². The Morgan fingerprint density at radius 2 is 1.67 bits per heavy atom. The molecule has 1 aromatic carbocycles. The van der Waals surface area contributed by atoms with E-state index in [9.17, 15) is 14.7 Å². The number of benzene rings is 1. The molecule has 0 spiro atoms. The van der Waals surface area contributed by atoms with Gasteiger partial charge in [0.25, 0.3) is 5.91 Å². The molecular weight excluding hydrogens is 398 g/mol. The number of aliphatic hydroxyl groups excluding tert-OH is 1. The summed E-state index contributed by atoms with van der Waals surface area (Å²) in [7, 11) is -2.07. The van der Waals surface area contributed by atoms with Gasteiger partial charge in [-0.15, -0.1) is 0 Å². The monoisotopic (exact) mass is 435 g/mol. The van der Waals surface area contributed by atoms with Gasteiger partial charge in [0.2, 0.25) is 0 Å². The molecule has 6 nitrogen and oxygen atoms in total. The van der Waals surface area contributed by atoms with E-state index in [1.54, 1.807) is 51.1 Å². The number of hydrogen-bond donors (Lipinski definition) is 2.